The summed E-state index contributed by atoms with van der Waals surface area (Å²) in [5, 5.41) is 10.9. The van der Waals surface area contributed by atoms with E-state index in [9.17, 15) is 10.1 Å². The van der Waals surface area contributed by atoms with Crippen LogP contribution in [0.3, 0.4) is 0 Å². The normalized spacial score (nSPS) is 26.2. The minimum atomic E-state index is -0.416. The second kappa shape index (κ2) is 6.67. The number of rotatable bonds is 5. The van der Waals surface area contributed by atoms with E-state index < -0.39 is 4.92 Å². The molecule has 0 unspecified atom stereocenters. The lowest BCUT2D eigenvalue weighted by molar-refractivity contribution is -0.915. The minimum absolute atomic E-state index is 0.0196. The van der Waals surface area contributed by atoms with Gasteiger partial charge in [-0.25, -0.2) is 0 Å². The quantitative estimate of drug-likeness (QED) is 0.636. The molecule has 0 saturated carbocycles. The van der Waals surface area contributed by atoms with E-state index in [1.165, 1.54) is 11.0 Å². The third-order valence-corrected chi connectivity index (χ3v) is 3.39. The first kappa shape index (κ1) is 14.7. The van der Waals surface area contributed by atoms with Crippen LogP contribution in [0, 0.1) is 10.1 Å². The van der Waals surface area contributed by atoms with E-state index in [0.29, 0.717) is 12.4 Å². The molecule has 2 atom stereocenters. The second-order valence-electron chi connectivity index (χ2n) is 5.24. The zero-order chi connectivity index (χ0) is 14.5. The predicted molar refractivity (Wildman–Crippen MR) is 74.2 cm³/mol. The van der Waals surface area contributed by atoms with Crippen molar-refractivity contribution in [2.75, 3.05) is 26.2 Å². The SMILES string of the molecule is C[C@H]1C[NH+](CCOc2ccccc2[N+](=O)[O-])C[C@H](C)O1. The molecule has 0 bridgehead atoms. The Balaban J connectivity index is 1.85. The summed E-state index contributed by atoms with van der Waals surface area (Å²) < 4.78 is 11.2. The number of hydrogen-bond acceptors (Lipinski definition) is 4. The van der Waals surface area contributed by atoms with Gasteiger partial charge in [0.05, 0.1) is 4.92 Å². The van der Waals surface area contributed by atoms with Crippen LogP contribution in [0.1, 0.15) is 13.8 Å². The van der Waals surface area contributed by atoms with Crippen LogP contribution in [0.2, 0.25) is 0 Å². The number of ether oxygens (including phenoxy) is 2. The van der Waals surface area contributed by atoms with Crippen LogP contribution < -0.4 is 9.64 Å². The molecule has 0 aromatic heterocycles. The summed E-state index contributed by atoms with van der Waals surface area (Å²) in [5.74, 6) is 0.339. The van der Waals surface area contributed by atoms with Gasteiger partial charge in [0.1, 0.15) is 38.4 Å². The van der Waals surface area contributed by atoms with Crippen LogP contribution in [0.15, 0.2) is 24.3 Å². The van der Waals surface area contributed by atoms with E-state index >= 15 is 0 Å². The Bertz CT molecular complexity index is 456. The van der Waals surface area contributed by atoms with Gasteiger partial charge in [-0.3, -0.25) is 10.1 Å². The first-order valence-electron chi connectivity index (χ1n) is 6.91. The standard InChI is InChI=1S/C14H20N2O4/c1-11-9-15(10-12(2)20-11)7-8-19-14-6-4-3-5-13(14)16(17)18/h3-6,11-12H,7-10H2,1-2H3/p+1/t11-,12-/m0/s1. The zero-order valence-electron chi connectivity index (χ0n) is 11.9. The number of hydrogen-bond donors (Lipinski definition) is 1. The van der Waals surface area contributed by atoms with Crippen molar-refractivity contribution in [2.45, 2.75) is 26.1 Å². The average Bonchev–Trinajstić information content (AvgIpc) is 2.38. The number of nitro benzene ring substituents is 1. The van der Waals surface area contributed by atoms with Gasteiger partial charge in [-0.1, -0.05) is 12.1 Å². The summed E-state index contributed by atoms with van der Waals surface area (Å²) >= 11 is 0. The first-order chi connectivity index (χ1) is 9.56. The Morgan fingerprint density at radius 2 is 2.00 bits per heavy atom. The van der Waals surface area contributed by atoms with Crippen molar-refractivity contribution < 1.29 is 19.3 Å². The predicted octanol–water partition coefficient (Wildman–Crippen LogP) is 0.666. The largest absolute Gasteiger partial charge is 0.481 e. The van der Waals surface area contributed by atoms with Gasteiger partial charge in [-0.2, -0.15) is 0 Å². The maximum Gasteiger partial charge on any atom is 0.310 e. The molecule has 1 saturated heterocycles. The zero-order valence-corrected chi connectivity index (χ0v) is 11.9. The van der Waals surface area contributed by atoms with Gasteiger partial charge in [-0.05, 0) is 19.9 Å². The number of benzene rings is 1. The van der Waals surface area contributed by atoms with E-state index in [4.69, 9.17) is 9.47 Å². The molecule has 110 valence electrons. The van der Waals surface area contributed by atoms with Gasteiger partial charge >= 0.3 is 5.69 Å². The van der Waals surface area contributed by atoms with Crippen LogP contribution >= 0.6 is 0 Å². The molecule has 0 spiro atoms. The van der Waals surface area contributed by atoms with Gasteiger partial charge in [-0.15, -0.1) is 0 Å². The van der Waals surface area contributed by atoms with Gasteiger partial charge in [0.25, 0.3) is 0 Å². The molecule has 1 aromatic carbocycles. The van der Waals surface area contributed by atoms with Crippen LogP contribution in [0.25, 0.3) is 0 Å². The molecule has 1 fully saturated rings. The summed E-state index contributed by atoms with van der Waals surface area (Å²) in [5.41, 5.74) is 0.0196. The van der Waals surface area contributed by atoms with Crippen LogP contribution in [-0.2, 0) is 4.74 Å². The Kier molecular flexibility index (Phi) is 4.92. The minimum Gasteiger partial charge on any atom is -0.481 e. The molecule has 0 aliphatic carbocycles. The number of nitrogens with zero attached hydrogens (tertiary/aromatic N) is 1. The molecule has 20 heavy (non-hydrogen) atoms. The van der Waals surface area contributed by atoms with E-state index in [1.54, 1.807) is 18.2 Å². The highest BCUT2D eigenvalue weighted by Crippen LogP contribution is 2.25. The van der Waals surface area contributed by atoms with E-state index in [2.05, 4.69) is 13.8 Å². The smallest absolute Gasteiger partial charge is 0.310 e. The van der Waals surface area contributed by atoms with E-state index in [-0.39, 0.29) is 17.9 Å². The molecule has 1 aliphatic rings. The highest BCUT2D eigenvalue weighted by atomic mass is 16.6. The van der Waals surface area contributed by atoms with Crippen molar-refractivity contribution in [3.63, 3.8) is 0 Å². The summed E-state index contributed by atoms with van der Waals surface area (Å²) in [6.45, 7) is 7.33. The molecule has 1 heterocycles. The maximum absolute atomic E-state index is 10.9. The summed E-state index contributed by atoms with van der Waals surface area (Å²) in [6, 6.07) is 6.48. The van der Waals surface area contributed by atoms with Crippen molar-refractivity contribution in [1.82, 2.24) is 0 Å². The third-order valence-electron chi connectivity index (χ3n) is 3.39. The number of nitrogens with one attached hydrogen (secondary N) is 1. The molecule has 0 radical (unpaired) electrons. The summed E-state index contributed by atoms with van der Waals surface area (Å²) in [7, 11) is 0. The Hall–Kier alpha value is -1.66. The number of para-hydroxylation sites is 2. The molecular weight excluding hydrogens is 260 g/mol. The van der Waals surface area contributed by atoms with Crippen LogP contribution in [0.4, 0.5) is 5.69 Å². The van der Waals surface area contributed by atoms with Crippen molar-refractivity contribution >= 4 is 5.69 Å². The summed E-state index contributed by atoms with van der Waals surface area (Å²) in [6.07, 6.45) is 0.500. The first-order valence-corrected chi connectivity index (χ1v) is 6.91. The molecule has 0 amide bonds. The molecular formula is C14H21N2O4+. The average molecular weight is 281 g/mol. The fourth-order valence-electron chi connectivity index (χ4n) is 2.63. The third kappa shape index (κ3) is 3.91. The maximum atomic E-state index is 10.9. The molecule has 1 aromatic rings. The fraction of sp³-hybridized carbons (Fsp3) is 0.571. The molecule has 2 rings (SSSR count). The molecule has 6 nitrogen and oxygen atoms in total. The van der Waals surface area contributed by atoms with Crippen LogP contribution in [-0.4, -0.2) is 43.4 Å². The van der Waals surface area contributed by atoms with Gasteiger partial charge < -0.3 is 14.4 Å². The molecule has 6 heteroatoms. The Morgan fingerprint density at radius 1 is 1.35 bits per heavy atom. The van der Waals surface area contributed by atoms with Gasteiger partial charge in [0, 0.05) is 6.07 Å². The second-order valence-corrected chi connectivity index (χ2v) is 5.24. The number of nitro groups is 1. The van der Waals surface area contributed by atoms with Gasteiger partial charge in [0.15, 0.2) is 5.75 Å². The number of quaternary nitrogens is 1. The Labute approximate surface area is 118 Å². The highest BCUT2D eigenvalue weighted by molar-refractivity contribution is 5.45. The van der Waals surface area contributed by atoms with Gasteiger partial charge in [0.2, 0.25) is 0 Å². The van der Waals surface area contributed by atoms with E-state index in [1.807, 2.05) is 0 Å². The van der Waals surface area contributed by atoms with Crippen LogP contribution in [0.5, 0.6) is 5.75 Å². The van der Waals surface area contributed by atoms with Crippen molar-refractivity contribution in [3.8, 4) is 5.75 Å². The number of morpholine rings is 1. The summed E-state index contributed by atoms with van der Waals surface area (Å²) in [4.78, 5) is 11.9. The van der Waals surface area contributed by atoms with Crippen molar-refractivity contribution in [2.24, 2.45) is 0 Å². The molecule has 1 N–H and O–H groups in total. The van der Waals surface area contributed by atoms with Crippen molar-refractivity contribution in [3.05, 3.63) is 34.4 Å². The Morgan fingerprint density at radius 3 is 2.65 bits per heavy atom. The molecule has 1 aliphatic heterocycles. The monoisotopic (exact) mass is 281 g/mol. The lowest BCUT2D eigenvalue weighted by Crippen LogP contribution is -3.16. The van der Waals surface area contributed by atoms with Crippen molar-refractivity contribution in [1.29, 1.82) is 0 Å². The lowest BCUT2D eigenvalue weighted by atomic mass is 10.2. The topological polar surface area (TPSA) is 66.0 Å². The fourth-order valence-corrected chi connectivity index (χ4v) is 2.63. The highest BCUT2D eigenvalue weighted by Gasteiger charge is 2.25. The van der Waals surface area contributed by atoms with E-state index in [0.717, 1.165) is 19.6 Å². The lowest BCUT2D eigenvalue weighted by Gasteiger charge is -2.32.